The Morgan fingerprint density at radius 2 is 2.44 bits per heavy atom. The van der Waals surface area contributed by atoms with Gasteiger partial charge in [0.2, 0.25) is 0 Å². The van der Waals surface area contributed by atoms with Crippen LogP contribution in [0.25, 0.3) is 0 Å². The third kappa shape index (κ3) is 1.82. The van der Waals surface area contributed by atoms with E-state index in [2.05, 4.69) is 5.10 Å². The molecule has 1 aliphatic rings. The van der Waals surface area contributed by atoms with E-state index in [4.69, 9.17) is 5.73 Å². The number of nitrogens with zero attached hydrogens (tertiary/aromatic N) is 3. The predicted octanol–water partition coefficient (Wildman–Crippen LogP) is 0.292. The lowest BCUT2D eigenvalue weighted by atomic mass is 10.2. The van der Waals surface area contributed by atoms with Gasteiger partial charge >= 0.3 is 0 Å². The van der Waals surface area contributed by atoms with Gasteiger partial charge in [0.25, 0.3) is 5.91 Å². The average molecular weight is 222 g/mol. The molecule has 16 heavy (non-hydrogen) atoms. The molecule has 1 fully saturated rings. The van der Waals surface area contributed by atoms with Crippen molar-refractivity contribution >= 4 is 5.91 Å². The summed E-state index contributed by atoms with van der Waals surface area (Å²) in [5, 5.41) is 4.21. The van der Waals surface area contributed by atoms with Crippen molar-refractivity contribution in [2.75, 3.05) is 13.1 Å². The molecule has 2 rings (SSSR count). The molecule has 1 aromatic rings. The van der Waals surface area contributed by atoms with Gasteiger partial charge in [-0.1, -0.05) is 0 Å². The van der Waals surface area contributed by atoms with Crippen molar-refractivity contribution in [2.45, 2.75) is 25.8 Å². The normalized spacial score (nSPS) is 20.4. The molecule has 2 heterocycles. The standard InChI is InChI=1S/C11H18N4O/c1-8-6-10(13-14(8)2)11(16)15-5-3-4-9(15)7-12/h6,9H,3-5,7,12H2,1-2H3. The van der Waals surface area contributed by atoms with E-state index in [9.17, 15) is 4.79 Å². The second-order valence-electron chi connectivity index (χ2n) is 4.32. The summed E-state index contributed by atoms with van der Waals surface area (Å²) in [7, 11) is 1.84. The zero-order valence-electron chi connectivity index (χ0n) is 9.81. The van der Waals surface area contributed by atoms with Crippen LogP contribution in [-0.2, 0) is 7.05 Å². The molecule has 1 amide bonds. The highest BCUT2D eigenvalue weighted by atomic mass is 16.2. The maximum Gasteiger partial charge on any atom is 0.274 e. The molecule has 1 saturated heterocycles. The fourth-order valence-electron chi connectivity index (χ4n) is 2.16. The van der Waals surface area contributed by atoms with E-state index in [1.165, 1.54) is 0 Å². The van der Waals surface area contributed by atoms with Crippen LogP contribution in [0.5, 0.6) is 0 Å². The topological polar surface area (TPSA) is 64.2 Å². The van der Waals surface area contributed by atoms with Gasteiger partial charge in [0.15, 0.2) is 5.69 Å². The van der Waals surface area contributed by atoms with Crippen LogP contribution >= 0.6 is 0 Å². The van der Waals surface area contributed by atoms with Gasteiger partial charge in [-0.3, -0.25) is 9.48 Å². The lowest BCUT2D eigenvalue weighted by molar-refractivity contribution is 0.0734. The van der Waals surface area contributed by atoms with Gasteiger partial charge in [0.05, 0.1) is 0 Å². The van der Waals surface area contributed by atoms with Gasteiger partial charge in [-0.15, -0.1) is 0 Å². The summed E-state index contributed by atoms with van der Waals surface area (Å²) in [6, 6.07) is 2.02. The SMILES string of the molecule is Cc1cc(C(=O)N2CCCC2CN)nn1C. The molecule has 1 aliphatic heterocycles. The van der Waals surface area contributed by atoms with Gasteiger partial charge < -0.3 is 10.6 Å². The van der Waals surface area contributed by atoms with Crippen LogP contribution in [0.2, 0.25) is 0 Å². The summed E-state index contributed by atoms with van der Waals surface area (Å²) in [5.74, 6) is 0.0108. The molecule has 1 aromatic heterocycles. The zero-order valence-corrected chi connectivity index (χ0v) is 9.81. The first-order valence-electron chi connectivity index (χ1n) is 5.65. The van der Waals surface area contributed by atoms with E-state index >= 15 is 0 Å². The second-order valence-corrected chi connectivity index (χ2v) is 4.32. The van der Waals surface area contributed by atoms with Crippen LogP contribution < -0.4 is 5.73 Å². The van der Waals surface area contributed by atoms with Crippen molar-refractivity contribution in [3.63, 3.8) is 0 Å². The highest BCUT2D eigenvalue weighted by molar-refractivity contribution is 5.92. The van der Waals surface area contributed by atoms with E-state index in [-0.39, 0.29) is 11.9 Å². The Bertz CT molecular complexity index is 379. The first-order valence-corrected chi connectivity index (χ1v) is 5.65. The number of hydrogen-bond acceptors (Lipinski definition) is 3. The Morgan fingerprint density at radius 3 is 3.00 bits per heavy atom. The maximum atomic E-state index is 12.2. The number of likely N-dealkylation sites (tertiary alicyclic amines) is 1. The van der Waals surface area contributed by atoms with Crippen molar-refractivity contribution in [1.29, 1.82) is 0 Å². The number of nitrogens with two attached hydrogens (primary N) is 1. The summed E-state index contributed by atoms with van der Waals surface area (Å²) < 4.78 is 1.72. The van der Waals surface area contributed by atoms with Gasteiger partial charge in [-0.05, 0) is 25.8 Å². The van der Waals surface area contributed by atoms with Gasteiger partial charge in [-0.25, -0.2) is 0 Å². The Balaban J connectivity index is 2.18. The highest BCUT2D eigenvalue weighted by Crippen LogP contribution is 2.18. The fourth-order valence-corrected chi connectivity index (χ4v) is 2.16. The number of aromatic nitrogens is 2. The molecule has 5 heteroatoms. The molecule has 0 saturated carbocycles. The smallest absolute Gasteiger partial charge is 0.274 e. The molecule has 2 N–H and O–H groups in total. The van der Waals surface area contributed by atoms with Crippen LogP contribution in [0.1, 0.15) is 29.0 Å². The second kappa shape index (κ2) is 4.25. The molecule has 1 atom stereocenters. The molecule has 0 radical (unpaired) electrons. The number of hydrogen-bond donors (Lipinski definition) is 1. The minimum atomic E-state index is 0.0108. The number of carbonyl (C=O) groups excluding carboxylic acids is 1. The van der Waals surface area contributed by atoms with Crippen LogP contribution in [-0.4, -0.2) is 39.7 Å². The first-order chi connectivity index (χ1) is 7.63. The average Bonchev–Trinajstić information content (AvgIpc) is 2.85. The van der Waals surface area contributed by atoms with Gasteiger partial charge in [0, 0.05) is 31.9 Å². The zero-order chi connectivity index (χ0) is 11.7. The van der Waals surface area contributed by atoms with Gasteiger partial charge in [-0.2, -0.15) is 5.10 Å². The molecule has 88 valence electrons. The van der Waals surface area contributed by atoms with Crippen LogP contribution in [0, 0.1) is 6.92 Å². The molecule has 0 aromatic carbocycles. The summed E-state index contributed by atoms with van der Waals surface area (Å²) in [6.07, 6.45) is 2.05. The van der Waals surface area contributed by atoms with E-state index in [1.807, 2.05) is 24.9 Å². The Hall–Kier alpha value is -1.36. The maximum absolute atomic E-state index is 12.2. The first kappa shape index (κ1) is 11.1. The summed E-state index contributed by atoms with van der Waals surface area (Å²) in [5.41, 5.74) is 7.18. The van der Waals surface area contributed by atoms with E-state index in [0.29, 0.717) is 12.2 Å². The van der Waals surface area contributed by atoms with Crippen LogP contribution in [0.15, 0.2) is 6.07 Å². The van der Waals surface area contributed by atoms with Gasteiger partial charge in [0.1, 0.15) is 0 Å². The number of carbonyl (C=O) groups is 1. The number of amides is 1. The Labute approximate surface area is 95.2 Å². The Morgan fingerprint density at radius 1 is 1.69 bits per heavy atom. The highest BCUT2D eigenvalue weighted by Gasteiger charge is 2.29. The molecular weight excluding hydrogens is 204 g/mol. The van der Waals surface area contributed by atoms with Crippen molar-refractivity contribution in [3.8, 4) is 0 Å². The van der Waals surface area contributed by atoms with Crippen molar-refractivity contribution < 1.29 is 4.79 Å². The third-order valence-electron chi connectivity index (χ3n) is 3.24. The van der Waals surface area contributed by atoms with E-state index in [1.54, 1.807) is 4.68 Å². The summed E-state index contributed by atoms with van der Waals surface area (Å²) in [4.78, 5) is 14.0. The van der Waals surface area contributed by atoms with Crippen molar-refractivity contribution in [1.82, 2.24) is 14.7 Å². The van der Waals surface area contributed by atoms with E-state index < -0.39 is 0 Å². The van der Waals surface area contributed by atoms with Crippen LogP contribution in [0.4, 0.5) is 0 Å². The summed E-state index contributed by atoms with van der Waals surface area (Å²) >= 11 is 0. The third-order valence-corrected chi connectivity index (χ3v) is 3.24. The lowest BCUT2D eigenvalue weighted by Gasteiger charge is -2.22. The minimum Gasteiger partial charge on any atom is -0.333 e. The lowest BCUT2D eigenvalue weighted by Crippen LogP contribution is -2.40. The Kier molecular flexibility index (Phi) is 2.96. The van der Waals surface area contributed by atoms with Crippen LogP contribution in [0.3, 0.4) is 0 Å². The van der Waals surface area contributed by atoms with Crippen molar-refractivity contribution in [3.05, 3.63) is 17.5 Å². The fraction of sp³-hybridized carbons (Fsp3) is 0.636. The molecular formula is C11H18N4O. The molecule has 0 aliphatic carbocycles. The number of rotatable bonds is 2. The molecule has 0 spiro atoms. The minimum absolute atomic E-state index is 0.0108. The summed E-state index contributed by atoms with van der Waals surface area (Å²) in [6.45, 7) is 3.28. The molecule has 1 unspecified atom stereocenters. The quantitative estimate of drug-likeness (QED) is 0.782. The van der Waals surface area contributed by atoms with E-state index in [0.717, 1.165) is 25.1 Å². The largest absolute Gasteiger partial charge is 0.333 e. The molecule has 5 nitrogen and oxygen atoms in total. The predicted molar refractivity (Wildman–Crippen MR) is 61.1 cm³/mol. The molecule has 0 bridgehead atoms. The monoisotopic (exact) mass is 222 g/mol. The number of aryl methyl sites for hydroxylation is 2. The van der Waals surface area contributed by atoms with Crippen molar-refractivity contribution in [2.24, 2.45) is 12.8 Å².